The van der Waals surface area contributed by atoms with Crippen LogP contribution in [0.25, 0.3) is 0 Å². The van der Waals surface area contributed by atoms with Gasteiger partial charge in [-0.2, -0.15) is 0 Å². The summed E-state index contributed by atoms with van der Waals surface area (Å²) in [5.41, 5.74) is 1.96. The summed E-state index contributed by atoms with van der Waals surface area (Å²) < 4.78 is 0.312. The molecular formula is C13H16Cl2. The summed E-state index contributed by atoms with van der Waals surface area (Å²) in [4.78, 5) is 0. The Morgan fingerprint density at radius 3 is 2.80 bits per heavy atom. The van der Waals surface area contributed by atoms with E-state index in [-0.39, 0.29) is 0 Å². The third-order valence-electron chi connectivity index (χ3n) is 3.81. The summed E-state index contributed by atoms with van der Waals surface area (Å²) in [6, 6.07) is 0. The molecule has 0 unspecified atom stereocenters. The van der Waals surface area contributed by atoms with Crippen LogP contribution in [0.2, 0.25) is 0 Å². The second-order valence-electron chi connectivity index (χ2n) is 5.05. The van der Waals surface area contributed by atoms with Gasteiger partial charge in [-0.3, -0.25) is 0 Å². The molecule has 2 aliphatic carbocycles. The van der Waals surface area contributed by atoms with Gasteiger partial charge in [0.25, 0.3) is 0 Å². The van der Waals surface area contributed by atoms with Gasteiger partial charge in [-0.05, 0) is 36.2 Å². The Hall–Kier alpha value is -0.200. The normalized spacial score (nSPS) is 32.1. The van der Waals surface area contributed by atoms with E-state index in [0.29, 0.717) is 9.91 Å². The lowest BCUT2D eigenvalue weighted by molar-refractivity contribution is 0.534. The molecule has 0 aromatic rings. The maximum atomic E-state index is 5.53. The van der Waals surface area contributed by atoms with Gasteiger partial charge in [0.05, 0.1) is 0 Å². The van der Waals surface area contributed by atoms with Gasteiger partial charge >= 0.3 is 0 Å². The molecule has 0 heterocycles. The van der Waals surface area contributed by atoms with E-state index >= 15 is 0 Å². The van der Waals surface area contributed by atoms with Crippen LogP contribution in [0.1, 0.15) is 26.7 Å². The fourth-order valence-electron chi connectivity index (χ4n) is 2.69. The van der Waals surface area contributed by atoms with Gasteiger partial charge in [0.1, 0.15) is 4.49 Å². The van der Waals surface area contributed by atoms with Gasteiger partial charge in [0.15, 0.2) is 0 Å². The standard InChI is InChI=1S/C13H16Cl2/c1-13(2)10-7-6-9(8-11(10)13)4-3-5-12(14)15/h3-5,8,10-11H,6-7H2,1-2H3/b4-3-/t10-,11+/m0/s1. The van der Waals surface area contributed by atoms with E-state index in [1.807, 2.05) is 6.08 Å². The highest BCUT2D eigenvalue weighted by Crippen LogP contribution is 2.63. The Morgan fingerprint density at radius 1 is 1.47 bits per heavy atom. The summed E-state index contributed by atoms with van der Waals surface area (Å²) in [6.07, 6.45) is 10.7. The highest BCUT2D eigenvalue weighted by atomic mass is 35.5. The number of hydrogen-bond acceptors (Lipinski definition) is 0. The molecule has 1 fully saturated rings. The van der Waals surface area contributed by atoms with Gasteiger partial charge in [-0.25, -0.2) is 0 Å². The molecule has 2 aliphatic rings. The molecular weight excluding hydrogens is 227 g/mol. The first-order valence-electron chi connectivity index (χ1n) is 5.42. The zero-order valence-corrected chi connectivity index (χ0v) is 10.6. The molecule has 1 saturated carbocycles. The molecule has 0 aromatic heterocycles. The number of rotatable bonds is 2. The molecule has 2 rings (SSSR count). The Balaban J connectivity index is 2.01. The lowest BCUT2D eigenvalue weighted by atomic mass is 9.99. The molecule has 0 aliphatic heterocycles. The predicted molar refractivity (Wildman–Crippen MR) is 67.0 cm³/mol. The van der Waals surface area contributed by atoms with Gasteiger partial charge in [-0.15, -0.1) is 0 Å². The molecule has 0 nitrogen and oxygen atoms in total. The first kappa shape index (κ1) is 11.3. The van der Waals surface area contributed by atoms with Crippen molar-refractivity contribution in [1.29, 1.82) is 0 Å². The molecule has 2 heteroatoms. The van der Waals surface area contributed by atoms with E-state index < -0.39 is 0 Å². The van der Waals surface area contributed by atoms with Crippen LogP contribution in [0, 0.1) is 17.3 Å². The summed E-state index contributed by atoms with van der Waals surface area (Å²) in [6.45, 7) is 4.72. The van der Waals surface area contributed by atoms with Crippen molar-refractivity contribution in [2.45, 2.75) is 26.7 Å². The van der Waals surface area contributed by atoms with Crippen LogP contribution in [0.4, 0.5) is 0 Å². The minimum Gasteiger partial charge on any atom is -0.0774 e. The molecule has 15 heavy (non-hydrogen) atoms. The molecule has 0 aromatic carbocycles. The van der Waals surface area contributed by atoms with E-state index in [1.165, 1.54) is 18.4 Å². The molecule has 0 spiro atoms. The summed E-state index contributed by atoms with van der Waals surface area (Å²) in [5.74, 6) is 1.71. The predicted octanol–water partition coefficient (Wildman–Crippen LogP) is 4.85. The fourth-order valence-corrected chi connectivity index (χ4v) is 2.83. The van der Waals surface area contributed by atoms with Crippen LogP contribution in [-0.4, -0.2) is 0 Å². The maximum Gasteiger partial charge on any atom is 0.106 e. The minimum absolute atomic E-state index is 0.312. The summed E-state index contributed by atoms with van der Waals surface area (Å²) in [5, 5.41) is 0. The van der Waals surface area contributed by atoms with E-state index in [4.69, 9.17) is 23.2 Å². The van der Waals surface area contributed by atoms with Crippen molar-refractivity contribution in [1.82, 2.24) is 0 Å². The summed E-state index contributed by atoms with van der Waals surface area (Å²) in [7, 11) is 0. The van der Waals surface area contributed by atoms with E-state index in [9.17, 15) is 0 Å². The fraction of sp³-hybridized carbons (Fsp3) is 0.538. The first-order valence-corrected chi connectivity index (χ1v) is 6.17. The third-order valence-corrected chi connectivity index (χ3v) is 4.06. The maximum absolute atomic E-state index is 5.53. The SMILES string of the molecule is CC1(C)[C@@H]2C=C(/C=C\C=C(Cl)Cl)CC[C@@H]21. The number of halogens is 2. The van der Waals surface area contributed by atoms with Crippen molar-refractivity contribution in [3.05, 3.63) is 34.4 Å². The molecule has 0 radical (unpaired) electrons. The third kappa shape index (κ3) is 2.32. The van der Waals surface area contributed by atoms with Crippen molar-refractivity contribution in [2.24, 2.45) is 17.3 Å². The Bertz CT molecular complexity index is 344. The quantitative estimate of drug-likeness (QED) is 0.608. The zero-order valence-electron chi connectivity index (χ0n) is 9.13. The molecule has 0 amide bonds. The molecule has 0 N–H and O–H groups in total. The monoisotopic (exact) mass is 242 g/mol. The van der Waals surface area contributed by atoms with Crippen molar-refractivity contribution in [2.75, 3.05) is 0 Å². The van der Waals surface area contributed by atoms with Crippen LogP contribution < -0.4 is 0 Å². The zero-order chi connectivity index (χ0) is 11.1. The second-order valence-corrected chi connectivity index (χ2v) is 6.06. The lowest BCUT2D eigenvalue weighted by Gasteiger charge is -2.06. The van der Waals surface area contributed by atoms with Crippen LogP contribution >= 0.6 is 23.2 Å². The highest BCUT2D eigenvalue weighted by molar-refractivity contribution is 6.55. The molecule has 82 valence electrons. The lowest BCUT2D eigenvalue weighted by Crippen LogP contribution is -1.91. The average Bonchev–Trinajstić information content (AvgIpc) is 2.69. The topological polar surface area (TPSA) is 0 Å². The van der Waals surface area contributed by atoms with Crippen molar-refractivity contribution < 1.29 is 0 Å². The van der Waals surface area contributed by atoms with Gasteiger partial charge in [-0.1, -0.05) is 60.9 Å². The van der Waals surface area contributed by atoms with Gasteiger partial charge < -0.3 is 0 Å². The average molecular weight is 243 g/mol. The van der Waals surface area contributed by atoms with Crippen LogP contribution in [-0.2, 0) is 0 Å². The van der Waals surface area contributed by atoms with Gasteiger partial charge in [0.2, 0.25) is 0 Å². The molecule has 2 atom stereocenters. The van der Waals surface area contributed by atoms with Gasteiger partial charge in [0, 0.05) is 0 Å². The number of fused-ring (bicyclic) bond motifs is 1. The highest BCUT2D eigenvalue weighted by Gasteiger charge is 2.56. The molecule has 0 saturated heterocycles. The van der Waals surface area contributed by atoms with E-state index in [1.54, 1.807) is 6.08 Å². The smallest absolute Gasteiger partial charge is 0.0774 e. The first-order chi connectivity index (χ1) is 7.01. The summed E-state index contributed by atoms with van der Waals surface area (Å²) >= 11 is 11.1. The van der Waals surface area contributed by atoms with Crippen molar-refractivity contribution in [3.8, 4) is 0 Å². The second kappa shape index (κ2) is 3.99. The Morgan fingerprint density at radius 2 is 2.20 bits per heavy atom. The van der Waals surface area contributed by atoms with Crippen LogP contribution in [0.5, 0.6) is 0 Å². The van der Waals surface area contributed by atoms with Crippen LogP contribution in [0.15, 0.2) is 34.4 Å². The van der Waals surface area contributed by atoms with Crippen LogP contribution in [0.3, 0.4) is 0 Å². The minimum atomic E-state index is 0.312. The van der Waals surface area contributed by atoms with Crippen molar-refractivity contribution in [3.63, 3.8) is 0 Å². The number of hydrogen-bond donors (Lipinski definition) is 0. The number of allylic oxidation sites excluding steroid dienone is 5. The van der Waals surface area contributed by atoms with Crippen molar-refractivity contribution >= 4 is 23.2 Å². The largest absolute Gasteiger partial charge is 0.106 e. The Labute approximate surface area is 102 Å². The van der Waals surface area contributed by atoms with E-state index in [2.05, 4.69) is 26.0 Å². The van der Waals surface area contributed by atoms with E-state index in [0.717, 1.165) is 11.8 Å². The Kier molecular flexibility index (Phi) is 3.00. The molecule has 0 bridgehead atoms.